The van der Waals surface area contributed by atoms with Gasteiger partial charge in [-0.05, 0) is 69.0 Å². The van der Waals surface area contributed by atoms with E-state index in [-0.39, 0.29) is 97.5 Å². The van der Waals surface area contributed by atoms with Crippen LogP contribution < -0.4 is 19.4 Å². The van der Waals surface area contributed by atoms with Gasteiger partial charge in [-0.25, -0.2) is 18.2 Å². The summed E-state index contributed by atoms with van der Waals surface area (Å²) < 4.78 is 60.1. The molecule has 7 heterocycles. The Bertz CT molecular complexity index is 2530. The van der Waals surface area contributed by atoms with Gasteiger partial charge in [0.05, 0.1) is 83.5 Å². The zero-order valence-corrected chi connectivity index (χ0v) is 34.9. The molecule has 2 bridgehead atoms. The number of amides is 1. The molecular formula is C46H48F3N9O4. The Labute approximate surface area is 358 Å². The van der Waals surface area contributed by atoms with Crippen molar-refractivity contribution < 1.29 is 32.5 Å². The summed E-state index contributed by atoms with van der Waals surface area (Å²) in [6, 6.07) is 8.15. The van der Waals surface area contributed by atoms with Crippen molar-refractivity contribution >= 4 is 34.1 Å². The monoisotopic (exact) mass is 847 g/mol. The number of aromatic nitrogens is 4. The number of alkyl halides is 1. The number of hydrogen-bond donors (Lipinski definition) is 1. The van der Waals surface area contributed by atoms with Crippen LogP contribution in [0.5, 0.6) is 6.01 Å². The van der Waals surface area contributed by atoms with Gasteiger partial charge in [-0.3, -0.25) is 9.78 Å². The number of hydrogen-bond acceptors (Lipinski definition) is 12. The van der Waals surface area contributed by atoms with E-state index < -0.39 is 46.8 Å². The molecule has 16 heteroatoms. The van der Waals surface area contributed by atoms with Crippen molar-refractivity contribution in [2.45, 2.75) is 87.8 Å². The quantitative estimate of drug-likeness (QED) is 0.183. The molecule has 4 aromatic rings. The molecule has 4 saturated heterocycles. The number of nitrogens with zero attached hydrogens (tertiary/aromatic N) is 9. The molecule has 8 atom stereocenters. The first-order valence-corrected chi connectivity index (χ1v) is 21.0. The van der Waals surface area contributed by atoms with Crippen molar-refractivity contribution in [1.82, 2.24) is 24.8 Å². The molecule has 4 fully saturated rings. The first-order valence-electron chi connectivity index (χ1n) is 21.0. The van der Waals surface area contributed by atoms with Crippen molar-refractivity contribution in [1.29, 1.82) is 5.26 Å². The number of carbonyl (C=O) groups is 1. The minimum atomic E-state index is -1.29. The zero-order valence-electron chi connectivity index (χ0n) is 34.9. The molecule has 3 aromatic heterocycles. The summed E-state index contributed by atoms with van der Waals surface area (Å²) in [4.78, 5) is 39.5. The van der Waals surface area contributed by atoms with Crippen LogP contribution >= 0.6 is 0 Å². The molecule has 1 N–H and O–H groups in total. The van der Waals surface area contributed by atoms with Gasteiger partial charge < -0.3 is 34.2 Å². The molecular weight excluding hydrogens is 800 g/mol. The van der Waals surface area contributed by atoms with Crippen LogP contribution in [0.2, 0.25) is 0 Å². The number of piperazine rings is 1. The van der Waals surface area contributed by atoms with Crippen molar-refractivity contribution in [3.63, 3.8) is 0 Å². The Kier molecular flexibility index (Phi) is 10.5. The number of carbonyl (C=O) groups excluding carboxylic acids is 1. The molecule has 1 aliphatic carbocycles. The smallest absolute Gasteiger partial charge is 0.319 e. The van der Waals surface area contributed by atoms with Gasteiger partial charge in [0.25, 0.3) is 0 Å². The van der Waals surface area contributed by atoms with Gasteiger partial charge in [0.15, 0.2) is 5.82 Å². The lowest BCUT2D eigenvalue weighted by Crippen LogP contribution is -2.56. The number of benzene rings is 1. The van der Waals surface area contributed by atoms with Crippen molar-refractivity contribution in [3.8, 4) is 24.4 Å². The maximum atomic E-state index is 17.5. The zero-order chi connectivity index (χ0) is 43.7. The summed E-state index contributed by atoms with van der Waals surface area (Å²) >= 11 is 0. The topological polar surface area (TPSA) is 144 Å². The Hall–Kier alpha value is -5.97. The van der Waals surface area contributed by atoms with Gasteiger partial charge in [-0.15, -0.1) is 6.42 Å². The van der Waals surface area contributed by atoms with Crippen LogP contribution in [0.15, 0.2) is 49.3 Å². The minimum Gasteiger partial charge on any atom is -0.461 e. The Morgan fingerprint density at radius 1 is 1.15 bits per heavy atom. The number of anilines is 3. The van der Waals surface area contributed by atoms with Gasteiger partial charge in [-0.1, -0.05) is 18.6 Å². The molecule has 1 unspecified atom stereocenters. The lowest BCUT2D eigenvalue weighted by Gasteiger charge is -2.41. The predicted molar refractivity (Wildman–Crippen MR) is 226 cm³/mol. The van der Waals surface area contributed by atoms with E-state index in [1.165, 1.54) is 18.3 Å². The van der Waals surface area contributed by atoms with Gasteiger partial charge in [0.1, 0.15) is 35.7 Å². The maximum Gasteiger partial charge on any atom is 0.319 e. The maximum absolute atomic E-state index is 17.5. The third-order valence-electron chi connectivity index (χ3n) is 13.4. The molecule has 0 saturated carbocycles. The lowest BCUT2D eigenvalue weighted by atomic mass is 9.72. The van der Waals surface area contributed by atoms with E-state index in [0.29, 0.717) is 36.6 Å². The van der Waals surface area contributed by atoms with E-state index in [1.807, 2.05) is 28.9 Å². The standard InChI is InChI=1S/C46H48F3N9O4/c1-6-32-35(48)10-8-27-15-46(5,60)17-33(39(27)32)41-40(49)42-34(20-52-41)43(55-22-31-14-28(18-50)36(23-55)58(31)38(59)7-2)54-44(53-42)62-25-45(4)16-29(47)21-57(45)37-11-9-30(19-51-37)56-12-13-61-24-26(56)3/h1,7-11,19-20,26,28-29,31,33,36,60H,2,12-17,21-25H2,3-5H3/t26-,28?,29+,31+,33-,36+,45-,46-/m0/s1. The number of morpholine rings is 1. The van der Waals surface area contributed by atoms with Crippen LogP contribution in [0.3, 0.4) is 0 Å². The van der Waals surface area contributed by atoms with Crippen molar-refractivity contribution in [2.24, 2.45) is 5.92 Å². The number of aliphatic hydroxyl groups is 1. The molecule has 13 nitrogen and oxygen atoms in total. The van der Waals surface area contributed by atoms with E-state index in [9.17, 15) is 15.2 Å². The lowest BCUT2D eigenvalue weighted by molar-refractivity contribution is -0.129. The second-order valence-electron chi connectivity index (χ2n) is 17.9. The molecule has 322 valence electrons. The Morgan fingerprint density at radius 2 is 1.97 bits per heavy atom. The third-order valence-corrected chi connectivity index (χ3v) is 13.4. The normalized spacial score (nSPS) is 29.3. The van der Waals surface area contributed by atoms with Crippen molar-refractivity contribution in [2.75, 3.05) is 60.7 Å². The summed E-state index contributed by atoms with van der Waals surface area (Å²) in [5.74, 6) is 0.157. The number of halogens is 3. The molecule has 62 heavy (non-hydrogen) atoms. The van der Waals surface area contributed by atoms with Crippen LogP contribution in [-0.4, -0.2) is 117 Å². The van der Waals surface area contributed by atoms with E-state index >= 15 is 13.2 Å². The van der Waals surface area contributed by atoms with E-state index in [4.69, 9.17) is 25.9 Å². The highest BCUT2D eigenvalue weighted by atomic mass is 19.1. The second kappa shape index (κ2) is 15.7. The predicted octanol–water partition coefficient (Wildman–Crippen LogP) is 5.23. The Balaban J connectivity index is 1.10. The molecule has 1 aromatic carbocycles. The van der Waals surface area contributed by atoms with Crippen LogP contribution in [0.4, 0.5) is 30.5 Å². The number of rotatable bonds is 8. The second-order valence-corrected chi connectivity index (χ2v) is 17.9. The highest BCUT2D eigenvalue weighted by molar-refractivity contribution is 5.91. The number of pyridine rings is 2. The van der Waals surface area contributed by atoms with E-state index in [0.717, 1.165) is 12.2 Å². The molecule has 0 spiro atoms. The summed E-state index contributed by atoms with van der Waals surface area (Å²) in [6.45, 7) is 11.7. The van der Waals surface area contributed by atoms with Crippen LogP contribution in [-0.2, 0) is 16.0 Å². The first kappa shape index (κ1) is 41.4. The minimum absolute atomic E-state index is 0.00608. The van der Waals surface area contributed by atoms with Gasteiger partial charge in [0, 0.05) is 50.6 Å². The summed E-state index contributed by atoms with van der Waals surface area (Å²) in [5, 5.41) is 21.7. The fraction of sp³-hybridized carbons (Fsp3) is 0.478. The number of nitriles is 1. The first-order chi connectivity index (χ1) is 29.7. The largest absolute Gasteiger partial charge is 0.461 e. The number of terminal acetylenes is 1. The SMILES string of the molecule is C#Cc1c(F)ccc2c1[C@@H](c1ncc3c(N4C[C@H]5CC(C#N)[C@@H](C4)N5C(=O)C=C)nc(OC[C@]4(C)C[C@@H](F)CN4c4ccc(N5CCOC[C@@H]5C)cn4)nc3c1F)C[C@@](C)(O)C2. The van der Waals surface area contributed by atoms with Crippen LogP contribution in [0, 0.1) is 41.2 Å². The average molecular weight is 848 g/mol. The summed E-state index contributed by atoms with van der Waals surface area (Å²) in [6.07, 6.45) is 9.86. The highest BCUT2D eigenvalue weighted by Crippen LogP contribution is 2.45. The van der Waals surface area contributed by atoms with Crippen molar-refractivity contribution in [3.05, 3.63) is 83.3 Å². The summed E-state index contributed by atoms with van der Waals surface area (Å²) in [5.41, 5.74) is -0.537. The van der Waals surface area contributed by atoms with Gasteiger partial charge in [0.2, 0.25) is 5.91 Å². The molecule has 9 rings (SSSR count). The van der Waals surface area contributed by atoms with Crippen LogP contribution in [0.25, 0.3) is 10.9 Å². The molecule has 4 aliphatic heterocycles. The molecule has 1 amide bonds. The molecule has 0 radical (unpaired) electrons. The van der Waals surface area contributed by atoms with E-state index in [1.54, 1.807) is 24.1 Å². The third kappa shape index (κ3) is 7.13. The summed E-state index contributed by atoms with van der Waals surface area (Å²) in [7, 11) is 0. The Morgan fingerprint density at radius 3 is 2.69 bits per heavy atom. The average Bonchev–Trinajstić information content (AvgIpc) is 3.69. The highest BCUT2D eigenvalue weighted by Gasteiger charge is 2.49. The van der Waals surface area contributed by atoms with E-state index in [2.05, 4.69) is 40.4 Å². The fourth-order valence-electron chi connectivity index (χ4n) is 10.5. The van der Waals surface area contributed by atoms with Gasteiger partial charge >= 0.3 is 6.01 Å². The van der Waals surface area contributed by atoms with Gasteiger partial charge in [-0.2, -0.15) is 15.2 Å². The fourth-order valence-corrected chi connectivity index (χ4v) is 10.5. The number of ether oxygens (including phenoxy) is 2. The van der Waals surface area contributed by atoms with Crippen LogP contribution in [0.1, 0.15) is 68.3 Å². The molecule has 5 aliphatic rings. The number of fused-ring (bicyclic) bond motifs is 4.